The lowest BCUT2D eigenvalue weighted by Gasteiger charge is -2.22. The van der Waals surface area contributed by atoms with E-state index in [0.717, 1.165) is 30.2 Å². The Labute approximate surface area is 127 Å². The van der Waals surface area contributed by atoms with E-state index < -0.39 is 0 Å². The average Bonchev–Trinajstić information content (AvgIpc) is 2.89. The lowest BCUT2D eigenvalue weighted by molar-refractivity contribution is 0.0110. The van der Waals surface area contributed by atoms with Crippen LogP contribution in [-0.4, -0.2) is 26.0 Å². The molecule has 0 aliphatic carbocycles. The second kappa shape index (κ2) is 7.66. The molecule has 0 amide bonds. The van der Waals surface area contributed by atoms with E-state index in [-0.39, 0.29) is 6.10 Å². The fraction of sp³-hybridized carbons (Fsp3) is 0.647. The van der Waals surface area contributed by atoms with Crippen LogP contribution in [0.25, 0.3) is 0 Å². The van der Waals surface area contributed by atoms with E-state index >= 15 is 0 Å². The van der Waals surface area contributed by atoms with Crippen molar-refractivity contribution in [1.29, 1.82) is 0 Å². The summed E-state index contributed by atoms with van der Waals surface area (Å²) in [4.78, 5) is 0. The summed E-state index contributed by atoms with van der Waals surface area (Å²) in [7, 11) is 0. The van der Waals surface area contributed by atoms with Crippen molar-refractivity contribution < 1.29 is 14.2 Å². The summed E-state index contributed by atoms with van der Waals surface area (Å²) < 4.78 is 16.8. The maximum atomic E-state index is 6.07. The predicted octanol–water partition coefficient (Wildman–Crippen LogP) is 3.20. The summed E-state index contributed by atoms with van der Waals surface area (Å²) in [6.07, 6.45) is 0.217. The molecular weight excluding hydrogens is 266 g/mol. The second-order valence-electron chi connectivity index (χ2n) is 6.33. The van der Waals surface area contributed by atoms with Crippen molar-refractivity contribution in [3.63, 3.8) is 0 Å². The van der Waals surface area contributed by atoms with Gasteiger partial charge in [0, 0.05) is 6.54 Å². The standard InChI is InChI=1S/C17H27NO3/c1-12(2)8-18-9-17(13(3)4)19-10-14-5-6-15-16(7-14)21-11-20-15/h5-7,12-13,17-18H,8-11H2,1-4H3. The largest absolute Gasteiger partial charge is 0.454 e. The molecule has 2 rings (SSSR count). The number of benzene rings is 1. The van der Waals surface area contributed by atoms with Crippen molar-refractivity contribution in [2.75, 3.05) is 19.9 Å². The van der Waals surface area contributed by atoms with Crippen LogP contribution >= 0.6 is 0 Å². The van der Waals surface area contributed by atoms with Crippen LogP contribution in [0.4, 0.5) is 0 Å². The number of hydrogen-bond donors (Lipinski definition) is 1. The van der Waals surface area contributed by atoms with Crippen LogP contribution in [0, 0.1) is 11.8 Å². The molecule has 118 valence electrons. The van der Waals surface area contributed by atoms with Crippen LogP contribution in [0.3, 0.4) is 0 Å². The first-order chi connectivity index (χ1) is 10.1. The first-order valence-electron chi connectivity index (χ1n) is 7.77. The zero-order chi connectivity index (χ0) is 15.2. The van der Waals surface area contributed by atoms with Crippen LogP contribution in [-0.2, 0) is 11.3 Å². The molecule has 1 heterocycles. The fourth-order valence-corrected chi connectivity index (χ4v) is 2.24. The van der Waals surface area contributed by atoms with Gasteiger partial charge in [-0.05, 0) is 36.1 Å². The monoisotopic (exact) mass is 293 g/mol. The Balaban J connectivity index is 1.83. The van der Waals surface area contributed by atoms with Gasteiger partial charge in [0.15, 0.2) is 11.5 Å². The Morgan fingerprint density at radius 2 is 1.86 bits per heavy atom. The van der Waals surface area contributed by atoms with Crippen molar-refractivity contribution in [3.8, 4) is 11.5 Å². The van der Waals surface area contributed by atoms with Crippen LogP contribution in [0.15, 0.2) is 18.2 Å². The van der Waals surface area contributed by atoms with Gasteiger partial charge in [-0.25, -0.2) is 0 Å². The predicted molar refractivity (Wildman–Crippen MR) is 83.7 cm³/mol. The average molecular weight is 293 g/mol. The van der Waals surface area contributed by atoms with Crippen molar-refractivity contribution in [1.82, 2.24) is 5.32 Å². The molecule has 0 fully saturated rings. The minimum absolute atomic E-state index is 0.217. The molecule has 0 saturated carbocycles. The third-order valence-corrected chi connectivity index (χ3v) is 3.54. The molecule has 1 aromatic rings. The zero-order valence-electron chi connectivity index (χ0n) is 13.5. The van der Waals surface area contributed by atoms with Crippen LogP contribution < -0.4 is 14.8 Å². The summed E-state index contributed by atoms with van der Waals surface area (Å²) in [6.45, 7) is 11.6. The van der Waals surface area contributed by atoms with Crippen LogP contribution in [0.5, 0.6) is 11.5 Å². The summed E-state index contributed by atoms with van der Waals surface area (Å²) in [5, 5.41) is 3.47. The maximum Gasteiger partial charge on any atom is 0.231 e. The molecule has 1 atom stereocenters. The molecule has 0 saturated heterocycles. The highest BCUT2D eigenvalue weighted by Crippen LogP contribution is 2.32. The molecule has 1 aliphatic heterocycles. The van der Waals surface area contributed by atoms with E-state index in [0.29, 0.717) is 25.2 Å². The Morgan fingerprint density at radius 1 is 1.10 bits per heavy atom. The first kappa shape index (κ1) is 16.1. The molecule has 1 aromatic carbocycles. The van der Waals surface area contributed by atoms with Crippen molar-refractivity contribution in [2.24, 2.45) is 11.8 Å². The first-order valence-corrected chi connectivity index (χ1v) is 7.77. The molecule has 21 heavy (non-hydrogen) atoms. The van der Waals surface area contributed by atoms with Gasteiger partial charge in [0.1, 0.15) is 0 Å². The van der Waals surface area contributed by atoms with Gasteiger partial charge in [-0.15, -0.1) is 0 Å². The molecular formula is C17H27NO3. The molecule has 1 N–H and O–H groups in total. The number of rotatable bonds is 8. The van der Waals surface area contributed by atoms with E-state index in [1.165, 1.54) is 0 Å². The normalized spacial score (nSPS) is 15.0. The van der Waals surface area contributed by atoms with Gasteiger partial charge in [0.25, 0.3) is 0 Å². The van der Waals surface area contributed by atoms with Crippen LogP contribution in [0.2, 0.25) is 0 Å². The van der Waals surface area contributed by atoms with Gasteiger partial charge in [-0.1, -0.05) is 33.8 Å². The van der Waals surface area contributed by atoms with Gasteiger partial charge in [-0.3, -0.25) is 0 Å². The molecule has 0 aromatic heterocycles. The molecule has 0 radical (unpaired) electrons. The molecule has 0 spiro atoms. The van der Waals surface area contributed by atoms with Crippen LogP contribution in [0.1, 0.15) is 33.3 Å². The third-order valence-electron chi connectivity index (χ3n) is 3.54. The van der Waals surface area contributed by atoms with Gasteiger partial charge in [0.2, 0.25) is 6.79 Å². The highest BCUT2D eigenvalue weighted by atomic mass is 16.7. The van der Waals surface area contributed by atoms with Crippen molar-refractivity contribution in [3.05, 3.63) is 23.8 Å². The van der Waals surface area contributed by atoms with E-state index in [4.69, 9.17) is 14.2 Å². The lowest BCUT2D eigenvalue weighted by Crippen LogP contribution is -2.34. The zero-order valence-corrected chi connectivity index (χ0v) is 13.5. The summed E-state index contributed by atoms with van der Waals surface area (Å²) in [5.41, 5.74) is 1.12. The highest BCUT2D eigenvalue weighted by Gasteiger charge is 2.16. The van der Waals surface area contributed by atoms with Gasteiger partial charge < -0.3 is 19.5 Å². The quantitative estimate of drug-likeness (QED) is 0.799. The van der Waals surface area contributed by atoms with Gasteiger partial charge in [-0.2, -0.15) is 0 Å². The van der Waals surface area contributed by atoms with E-state index in [1.807, 2.05) is 18.2 Å². The van der Waals surface area contributed by atoms with Gasteiger partial charge in [0.05, 0.1) is 12.7 Å². The minimum atomic E-state index is 0.217. The Morgan fingerprint density at radius 3 is 2.57 bits per heavy atom. The number of nitrogens with one attached hydrogen (secondary N) is 1. The van der Waals surface area contributed by atoms with E-state index in [9.17, 15) is 0 Å². The van der Waals surface area contributed by atoms with E-state index in [2.05, 4.69) is 33.0 Å². The topological polar surface area (TPSA) is 39.7 Å². The van der Waals surface area contributed by atoms with Crippen molar-refractivity contribution in [2.45, 2.75) is 40.4 Å². The molecule has 4 heteroatoms. The molecule has 0 bridgehead atoms. The highest BCUT2D eigenvalue weighted by molar-refractivity contribution is 5.44. The smallest absolute Gasteiger partial charge is 0.231 e. The lowest BCUT2D eigenvalue weighted by atomic mass is 10.1. The number of ether oxygens (including phenoxy) is 3. The second-order valence-corrected chi connectivity index (χ2v) is 6.33. The number of hydrogen-bond acceptors (Lipinski definition) is 4. The Bertz CT molecular complexity index is 446. The molecule has 1 unspecified atom stereocenters. The Hall–Kier alpha value is -1.26. The fourth-order valence-electron chi connectivity index (χ4n) is 2.24. The summed E-state index contributed by atoms with van der Waals surface area (Å²) >= 11 is 0. The third kappa shape index (κ3) is 4.90. The molecule has 1 aliphatic rings. The summed E-state index contributed by atoms with van der Waals surface area (Å²) in [6, 6.07) is 5.98. The van der Waals surface area contributed by atoms with Gasteiger partial charge >= 0.3 is 0 Å². The van der Waals surface area contributed by atoms with E-state index in [1.54, 1.807) is 0 Å². The minimum Gasteiger partial charge on any atom is -0.454 e. The molecule has 4 nitrogen and oxygen atoms in total. The SMILES string of the molecule is CC(C)CNCC(OCc1ccc2c(c1)OCO2)C(C)C. The number of fused-ring (bicyclic) bond motifs is 1. The Kier molecular flexibility index (Phi) is 5.88. The van der Waals surface area contributed by atoms with Crippen molar-refractivity contribution >= 4 is 0 Å². The maximum absolute atomic E-state index is 6.07. The summed E-state index contributed by atoms with van der Waals surface area (Å²) in [5.74, 6) is 2.78.